The molecule has 5 nitrogen and oxygen atoms in total. The Morgan fingerprint density at radius 3 is 1.29 bits per heavy atom. The zero-order chi connectivity index (χ0) is 65.6. The van der Waals surface area contributed by atoms with E-state index in [2.05, 4.69) is 325 Å². The van der Waals surface area contributed by atoms with Gasteiger partial charge in [0.1, 0.15) is 5.60 Å². The second kappa shape index (κ2) is 20.4. The molecule has 0 bridgehead atoms. The van der Waals surface area contributed by atoms with Crippen molar-refractivity contribution in [3.8, 4) is 56.0 Å². The van der Waals surface area contributed by atoms with Crippen LogP contribution in [0.15, 0.2) is 279 Å². The third-order valence-corrected chi connectivity index (χ3v) is 22.5. The molecule has 0 saturated carbocycles. The van der Waals surface area contributed by atoms with Gasteiger partial charge in [-0.2, -0.15) is 0 Å². The van der Waals surface area contributed by atoms with Gasteiger partial charge in [0.15, 0.2) is 11.5 Å². The Morgan fingerprint density at radius 1 is 0.309 bits per heavy atom. The topological polar surface area (TPSA) is 39.2 Å². The average molecular weight is 1250 g/mol. The van der Waals surface area contributed by atoms with Crippen molar-refractivity contribution in [2.45, 2.75) is 77.2 Å². The van der Waals surface area contributed by atoms with Crippen LogP contribution in [-0.4, -0.2) is 5.11 Å². The highest BCUT2D eigenvalue weighted by molar-refractivity contribution is 6.07. The Balaban J connectivity index is 0.896. The molecule has 466 valence electrons. The van der Waals surface area contributed by atoms with Gasteiger partial charge in [-0.15, -0.1) is 0 Å². The largest absolute Gasteiger partial charge is 0.453 e. The summed E-state index contributed by atoms with van der Waals surface area (Å²) >= 11 is 0. The van der Waals surface area contributed by atoms with Crippen LogP contribution in [0.2, 0.25) is 0 Å². The molecule has 1 unspecified atom stereocenters. The SMILES string of the molecule is Cc1ccc(N(c2ccc3c(c2)C(C)(C)c2ccc4ccccc4c2-3)c2ccc3c(c2)C(O)(c2ccccc2N2c4ccccc4Oc4ccccc42)c2cc(N(c4ccc(C)cc4)c4ccc5c(c4)C(C)(C)c4ccc6ccccc6c4-5)c4c(c2-3)C(C)(C)c2ccccc2-4)cc1. The van der Waals surface area contributed by atoms with Crippen molar-refractivity contribution in [3.63, 3.8) is 0 Å². The molecule has 0 aromatic heterocycles. The van der Waals surface area contributed by atoms with Crippen molar-refractivity contribution in [2.75, 3.05) is 14.7 Å². The maximum Gasteiger partial charge on any atom is 0.151 e. The van der Waals surface area contributed by atoms with Crippen LogP contribution in [0.1, 0.15) is 103 Å². The first-order chi connectivity index (χ1) is 47.1. The molecule has 19 rings (SSSR count). The van der Waals surface area contributed by atoms with Crippen molar-refractivity contribution in [1.82, 2.24) is 0 Å². The van der Waals surface area contributed by atoms with Crippen molar-refractivity contribution in [3.05, 3.63) is 340 Å². The predicted molar refractivity (Wildman–Crippen MR) is 402 cm³/mol. The molecule has 14 aromatic carbocycles. The molecule has 1 atom stereocenters. The number of rotatable bonds is 8. The second-order valence-electron chi connectivity index (χ2n) is 29.0. The Bertz CT molecular complexity index is 5670. The highest BCUT2D eigenvalue weighted by Gasteiger charge is 2.52. The molecule has 0 spiro atoms. The van der Waals surface area contributed by atoms with Gasteiger partial charge < -0.3 is 24.5 Å². The smallest absolute Gasteiger partial charge is 0.151 e. The number of fused-ring (bicyclic) bond motifs is 19. The molecule has 0 saturated heterocycles. The summed E-state index contributed by atoms with van der Waals surface area (Å²) in [4.78, 5) is 7.21. The third-order valence-electron chi connectivity index (χ3n) is 22.5. The molecule has 4 aliphatic carbocycles. The van der Waals surface area contributed by atoms with Crippen LogP contribution in [0.4, 0.5) is 51.2 Å². The van der Waals surface area contributed by atoms with Crippen LogP contribution < -0.4 is 19.4 Å². The summed E-state index contributed by atoms with van der Waals surface area (Å²) in [7, 11) is 0. The summed E-state index contributed by atoms with van der Waals surface area (Å²) in [5.41, 5.74) is 27.7. The fourth-order valence-electron chi connectivity index (χ4n) is 17.8. The molecule has 0 radical (unpaired) electrons. The van der Waals surface area contributed by atoms with Gasteiger partial charge in [-0.1, -0.05) is 235 Å². The summed E-state index contributed by atoms with van der Waals surface area (Å²) in [6.45, 7) is 18.6. The first kappa shape index (κ1) is 57.2. The molecule has 5 aliphatic rings. The number of nitrogens with zero attached hydrogens (tertiary/aromatic N) is 3. The minimum absolute atomic E-state index is 0.283. The minimum atomic E-state index is -1.79. The van der Waals surface area contributed by atoms with Gasteiger partial charge in [0, 0.05) is 66.9 Å². The van der Waals surface area contributed by atoms with Crippen molar-refractivity contribution in [2.24, 2.45) is 0 Å². The standard InChI is InChI=1S/C92H71N3O2/c1-55-33-39-59(40-34-55)93(61-43-46-67-74(51-61)89(3,4)72-49-37-57-21-9-11-23-64(57)84(67)72)62-44-48-69-76(53-62)92(96,71-27-15-16-28-78(71)95-79-29-17-19-31-82(79)97-83-32-20-18-30-80(83)95)77-54-81(87-66-25-13-14-26-70(66)91(7,8)88(87)86(69)77)94(60-41-35-56(2)36-42-60)63-45-47-68-75(52-63)90(5,6)73-50-38-58-22-10-12-24-65(58)85(68)73/h9-54,96H,1-8H3. The van der Waals surface area contributed by atoms with E-state index in [9.17, 15) is 0 Å². The molecule has 1 heterocycles. The quantitative estimate of drug-likeness (QED) is 0.164. The van der Waals surface area contributed by atoms with Gasteiger partial charge >= 0.3 is 0 Å². The predicted octanol–water partition coefficient (Wildman–Crippen LogP) is 24.3. The number of benzene rings is 14. The van der Waals surface area contributed by atoms with Crippen LogP contribution in [0.25, 0.3) is 66.1 Å². The van der Waals surface area contributed by atoms with E-state index in [4.69, 9.17) is 4.74 Å². The lowest BCUT2D eigenvalue weighted by atomic mass is 9.77. The van der Waals surface area contributed by atoms with E-state index < -0.39 is 11.0 Å². The third kappa shape index (κ3) is 7.98. The van der Waals surface area contributed by atoms with E-state index in [-0.39, 0.29) is 10.8 Å². The fourth-order valence-corrected chi connectivity index (χ4v) is 17.8. The summed E-state index contributed by atoms with van der Waals surface area (Å²) < 4.78 is 6.74. The number of aliphatic hydroxyl groups is 1. The molecule has 1 N–H and O–H groups in total. The maximum absolute atomic E-state index is 15.8. The summed E-state index contributed by atoms with van der Waals surface area (Å²) in [6, 6.07) is 103. The van der Waals surface area contributed by atoms with Gasteiger partial charge in [-0.3, -0.25) is 0 Å². The van der Waals surface area contributed by atoms with E-state index in [1.165, 1.54) is 93.9 Å². The molecule has 14 aromatic rings. The fraction of sp³-hybridized carbons (Fsp3) is 0.130. The lowest BCUT2D eigenvalue weighted by Gasteiger charge is -2.38. The highest BCUT2D eigenvalue weighted by Crippen LogP contribution is 2.66. The van der Waals surface area contributed by atoms with E-state index in [1.54, 1.807) is 0 Å². The first-order valence-corrected chi connectivity index (χ1v) is 34.1. The number of anilines is 9. The maximum atomic E-state index is 15.8. The number of aryl methyl sites for hydroxylation is 2. The molecule has 5 heteroatoms. The normalized spacial score (nSPS) is 16.2. The van der Waals surface area contributed by atoms with Gasteiger partial charge in [0.25, 0.3) is 0 Å². The van der Waals surface area contributed by atoms with Gasteiger partial charge in [0.2, 0.25) is 0 Å². The van der Waals surface area contributed by atoms with Crippen LogP contribution >= 0.6 is 0 Å². The van der Waals surface area contributed by atoms with E-state index in [1.807, 2.05) is 24.3 Å². The van der Waals surface area contributed by atoms with Crippen molar-refractivity contribution < 1.29 is 9.84 Å². The summed E-state index contributed by atoms with van der Waals surface area (Å²) in [6.07, 6.45) is 0. The van der Waals surface area contributed by atoms with Crippen LogP contribution in [0.3, 0.4) is 0 Å². The monoisotopic (exact) mass is 1250 g/mol. The molecule has 0 amide bonds. The zero-order valence-corrected chi connectivity index (χ0v) is 55.8. The minimum Gasteiger partial charge on any atom is -0.453 e. The average Bonchev–Trinajstić information content (AvgIpc) is 1.52. The number of hydrogen-bond acceptors (Lipinski definition) is 5. The Hall–Kier alpha value is -11.2. The summed E-state index contributed by atoms with van der Waals surface area (Å²) in [5, 5.41) is 20.9. The number of hydrogen-bond donors (Lipinski definition) is 1. The van der Waals surface area contributed by atoms with Crippen LogP contribution in [0, 0.1) is 13.8 Å². The molecular formula is C92H71N3O2. The first-order valence-electron chi connectivity index (χ1n) is 34.1. The molecule has 1 aliphatic heterocycles. The van der Waals surface area contributed by atoms with Gasteiger partial charge in [-0.05, 0) is 205 Å². The lowest BCUT2D eigenvalue weighted by molar-refractivity contribution is 0.131. The zero-order valence-electron chi connectivity index (χ0n) is 55.8. The number of para-hydroxylation sites is 5. The van der Waals surface area contributed by atoms with Crippen LogP contribution in [-0.2, 0) is 21.8 Å². The van der Waals surface area contributed by atoms with Gasteiger partial charge in [0.05, 0.1) is 22.7 Å². The van der Waals surface area contributed by atoms with Crippen molar-refractivity contribution in [1.29, 1.82) is 0 Å². The summed E-state index contributed by atoms with van der Waals surface area (Å²) in [5.74, 6) is 1.48. The van der Waals surface area contributed by atoms with E-state index >= 15 is 5.11 Å². The molecule has 0 fully saturated rings. The Labute approximate surface area is 567 Å². The van der Waals surface area contributed by atoms with Crippen LogP contribution in [0.5, 0.6) is 11.5 Å². The van der Waals surface area contributed by atoms with Crippen molar-refractivity contribution >= 4 is 72.7 Å². The molecular weight excluding hydrogens is 1180 g/mol. The Kier molecular flexibility index (Phi) is 12.0. The van der Waals surface area contributed by atoms with E-state index in [0.29, 0.717) is 0 Å². The Morgan fingerprint density at radius 2 is 0.732 bits per heavy atom. The lowest BCUT2D eigenvalue weighted by Crippen LogP contribution is -2.30. The second-order valence-corrected chi connectivity index (χ2v) is 29.0. The van der Waals surface area contributed by atoms with E-state index in [0.717, 1.165) is 96.1 Å². The van der Waals surface area contributed by atoms with Gasteiger partial charge in [-0.25, -0.2) is 0 Å². The number of ether oxygens (including phenoxy) is 1. The molecule has 97 heavy (non-hydrogen) atoms. The highest BCUT2D eigenvalue weighted by atomic mass is 16.5.